The minimum absolute atomic E-state index is 0.139. The van der Waals surface area contributed by atoms with E-state index in [1.54, 1.807) is 18.5 Å². The molecule has 2 aliphatic heterocycles. The smallest absolute Gasteiger partial charge is 0.197 e. The van der Waals surface area contributed by atoms with Crippen LogP contribution in [0.1, 0.15) is 42.6 Å². The summed E-state index contributed by atoms with van der Waals surface area (Å²) < 4.78 is 5.48. The van der Waals surface area contributed by atoms with Gasteiger partial charge in [0.25, 0.3) is 0 Å². The van der Waals surface area contributed by atoms with Crippen LogP contribution >= 0.6 is 0 Å². The van der Waals surface area contributed by atoms with Crippen LogP contribution in [0.4, 0.5) is 11.6 Å². The summed E-state index contributed by atoms with van der Waals surface area (Å²) in [7, 11) is 0. The molecule has 0 saturated carbocycles. The lowest BCUT2D eigenvalue weighted by Crippen LogP contribution is -2.35. The van der Waals surface area contributed by atoms with Crippen molar-refractivity contribution in [1.82, 2.24) is 24.9 Å². The number of fused-ring (bicyclic) bond motifs is 1. The Morgan fingerprint density at radius 3 is 2.65 bits per heavy atom. The van der Waals surface area contributed by atoms with Crippen molar-refractivity contribution < 1.29 is 4.74 Å². The maximum absolute atomic E-state index is 5.48. The normalized spacial score (nSPS) is 19.2. The van der Waals surface area contributed by atoms with Crippen LogP contribution in [-0.2, 0) is 11.2 Å². The molecule has 0 aliphatic carbocycles. The summed E-state index contributed by atoms with van der Waals surface area (Å²) in [5.41, 5.74) is 3.40. The van der Waals surface area contributed by atoms with E-state index in [-0.39, 0.29) is 6.04 Å². The third-order valence-electron chi connectivity index (χ3n) is 6.00. The molecule has 0 radical (unpaired) electrons. The van der Waals surface area contributed by atoms with E-state index in [2.05, 4.69) is 51.1 Å². The third kappa shape index (κ3) is 4.20. The molecule has 2 aliphatic rings. The van der Waals surface area contributed by atoms with Crippen molar-refractivity contribution in [2.75, 3.05) is 30.0 Å². The molecule has 0 amide bonds. The minimum atomic E-state index is 0.139. The lowest BCUT2D eigenvalue weighted by Gasteiger charge is -2.36. The van der Waals surface area contributed by atoms with E-state index in [1.165, 1.54) is 5.56 Å². The zero-order valence-corrected chi connectivity index (χ0v) is 18.0. The molecule has 5 rings (SSSR count). The molecule has 1 fully saturated rings. The zero-order valence-electron chi connectivity index (χ0n) is 18.0. The average Bonchev–Trinajstić information content (AvgIpc) is 2.80. The molecule has 1 unspecified atom stereocenters. The zero-order chi connectivity index (χ0) is 21.2. The molecular formula is C23H27N7O. The van der Waals surface area contributed by atoms with Gasteiger partial charge in [-0.3, -0.25) is 0 Å². The summed E-state index contributed by atoms with van der Waals surface area (Å²) in [4.78, 5) is 25.2. The fourth-order valence-electron chi connectivity index (χ4n) is 4.32. The largest absolute Gasteiger partial charge is 0.381 e. The summed E-state index contributed by atoms with van der Waals surface area (Å²) in [5.74, 6) is 3.07. The van der Waals surface area contributed by atoms with Crippen molar-refractivity contribution in [2.45, 2.75) is 45.2 Å². The van der Waals surface area contributed by atoms with E-state index >= 15 is 0 Å². The van der Waals surface area contributed by atoms with E-state index in [4.69, 9.17) is 14.7 Å². The molecule has 0 spiro atoms. The van der Waals surface area contributed by atoms with Crippen LogP contribution in [0.25, 0.3) is 11.6 Å². The van der Waals surface area contributed by atoms with Crippen LogP contribution in [-0.4, -0.2) is 50.7 Å². The highest BCUT2D eigenvalue weighted by molar-refractivity contribution is 5.54. The van der Waals surface area contributed by atoms with Crippen LogP contribution in [0.5, 0.6) is 0 Å². The van der Waals surface area contributed by atoms with Gasteiger partial charge in [0, 0.05) is 56.4 Å². The number of nitrogens with zero attached hydrogens (tertiary/aromatic N) is 6. The van der Waals surface area contributed by atoms with Crippen molar-refractivity contribution >= 4 is 11.6 Å². The predicted molar refractivity (Wildman–Crippen MR) is 119 cm³/mol. The maximum atomic E-state index is 5.48. The summed E-state index contributed by atoms with van der Waals surface area (Å²) >= 11 is 0. The Morgan fingerprint density at radius 2 is 1.84 bits per heavy atom. The molecule has 1 N–H and O–H groups in total. The topological polar surface area (TPSA) is 89.0 Å². The quantitative estimate of drug-likeness (QED) is 0.691. The van der Waals surface area contributed by atoms with Crippen molar-refractivity contribution in [3.63, 3.8) is 0 Å². The monoisotopic (exact) mass is 417 g/mol. The number of ether oxygens (including phenoxy) is 1. The molecule has 1 atom stereocenters. The average molecular weight is 418 g/mol. The molecule has 0 aromatic carbocycles. The highest BCUT2D eigenvalue weighted by Crippen LogP contribution is 2.33. The third-order valence-corrected chi connectivity index (χ3v) is 6.00. The van der Waals surface area contributed by atoms with Crippen LogP contribution in [0.15, 0.2) is 36.8 Å². The standard InChI is InChI=1S/C23H27N7O/c1-15-12-20(27-17-5-10-31-11-6-17)29-21(13-15)30-9-4-19-18(16(30)2)14-26-23(28-19)22-24-7-3-8-25-22/h3,7-8,12-14,16-17H,4-6,9-11H2,1-2H3,(H,27,29). The van der Waals surface area contributed by atoms with E-state index in [9.17, 15) is 0 Å². The molecule has 3 aromatic heterocycles. The number of aryl methyl sites for hydroxylation is 1. The van der Waals surface area contributed by atoms with Crippen molar-refractivity contribution in [3.8, 4) is 11.6 Å². The van der Waals surface area contributed by atoms with Gasteiger partial charge in [-0.15, -0.1) is 0 Å². The Bertz CT molecular complexity index is 1050. The first-order valence-electron chi connectivity index (χ1n) is 10.9. The summed E-state index contributed by atoms with van der Waals surface area (Å²) in [5, 5.41) is 3.60. The number of anilines is 2. The first kappa shape index (κ1) is 19.8. The van der Waals surface area contributed by atoms with Gasteiger partial charge in [-0.25, -0.2) is 24.9 Å². The SMILES string of the molecule is Cc1cc(NC2CCOCC2)nc(N2CCc3nc(-c4ncccn4)ncc3C2C)c1. The molecule has 31 heavy (non-hydrogen) atoms. The van der Waals surface area contributed by atoms with Gasteiger partial charge >= 0.3 is 0 Å². The Morgan fingerprint density at radius 1 is 1.03 bits per heavy atom. The van der Waals surface area contributed by atoms with Crippen molar-refractivity contribution in [1.29, 1.82) is 0 Å². The van der Waals surface area contributed by atoms with Crippen LogP contribution < -0.4 is 10.2 Å². The molecule has 8 heteroatoms. The number of pyridine rings is 1. The number of rotatable bonds is 4. The second-order valence-corrected chi connectivity index (χ2v) is 8.21. The van der Waals surface area contributed by atoms with Crippen molar-refractivity contribution in [2.24, 2.45) is 0 Å². The lowest BCUT2D eigenvalue weighted by molar-refractivity contribution is 0.0904. The molecule has 0 bridgehead atoms. The second-order valence-electron chi connectivity index (χ2n) is 8.21. The van der Waals surface area contributed by atoms with Crippen LogP contribution in [0.2, 0.25) is 0 Å². The Hall–Kier alpha value is -3.13. The lowest BCUT2D eigenvalue weighted by atomic mass is 9.99. The number of hydrogen-bond acceptors (Lipinski definition) is 8. The highest BCUT2D eigenvalue weighted by atomic mass is 16.5. The van der Waals surface area contributed by atoms with Crippen LogP contribution in [0, 0.1) is 6.92 Å². The van der Waals surface area contributed by atoms with E-state index < -0.39 is 0 Å². The number of aromatic nitrogens is 5. The van der Waals surface area contributed by atoms with Gasteiger partial charge in [-0.2, -0.15) is 0 Å². The van der Waals surface area contributed by atoms with Gasteiger partial charge in [0.05, 0.1) is 11.7 Å². The first-order chi connectivity index (χ1) is 15.2. The second kappa shape index (κ2) is 8.55. The molecule has 8 nitrogen and oxygen atoms in total. The Balaban J connectivity index is 1.39. The molecule has 5 heterocycles. The highest BCUT2D eigenvalue weighted by Gasteiger charge is 2.27. The molecule has 160 valence electrons. The molecule has 3 aromatic rings. The van der Waals surface area contributed by atoms with Gasteiger partial charge in [0.15, 0.2) is 11.6 Å². The first-order valence-corrected chi connectivity index (χ1v) is 10.9. The van der Waals surface area contributed by atoms with Gasteiger partial charge in [-0.05, 0) is 50.5 Å². The van der Waals surface area contributed by atoms with Gasteiger partial charge < -0.3 is 15.0 Å². The number of nitrogens with one attached hydrogen (secondary N) is 1. The fourth-order valence-corrected chi connectivity index (χ4v) is 4.32. The van der Waals surface area contributed by atoms with Gasteiger partial charge in [0.2, 0.25) is 0 Å². The molecule has 1 saturated heterocycles. The van der Waals surface area contributed by atoms with E-state index in [1.807, 2.05) is 6.20 Å². The number of hydrogen-bond donors (Lipinski definition) is 1. The summed E-state index contributed by atoms with van der Waals surface area (Å²) in [6.45, 7) is 6.79. The summed E-state index contributed by atoms with van der Waals surface area (Å²) in [6, 6.07) is 6.63. The van der Waals surface area contributed by atoms with Gasteiger partial charge in [-0.1, -0.05) is 0 Å². The summed E-state index contributed by atoms with van der Waals surface area (Å²) in [6.07, 6.45) is 8.21. The maximum Gasteiger partial charge on any atom is 0.197 e. The van der Waals surface area contributed by atoms with Crippen molar-refractivity contribution in [3.05, 3.63) is 53.6 Å². The predicted octanol–water partition coefficient (Wildman–Crippen LogP) is 3.35. The van der Waals surface area contributed by atoms with Gasteiger partial charge in [0.1, 0.15) is 11.6 Å². The minimum Gasteiger partial charge on any atom is -0.381 e. The van der Waals surface area contributed by atoms with E-state index in [0.717, 1.165) is 61.9 Å². The fraction of sp³-hybridized carbons (Fsp3) is 0.435. The van der Waals surface area contributed by atoms with E-state index in [0.29, 0.717) is 17.7 Å². The Labute approximate surface area is 182 Å². The Kier molecular flexibility index (Phi) is 5.46. The van der Waals surface area contributed by atoms with Crippen LogP contribution in [0.3, 0.4) is 0 Å². The molecular weight excluding hydrogens is 390 g/mol.